The zero-order valence-electron chi connectivity index (χ0n) is 6.90. The molecule has 0 atom stereocenters. The summed E-state index contributed by atoms with van der Waals surface area (Å²) in [6.07, 6.45) is 3.94. The lowest BCUT2D eigenvalue weighted by atomic mass is 10.3. The van der Waals surface area contributed by atoms with Crippen molar-refractivity contribution in [3.63, 3.8) is 0 Å². The molecule has 0 spiro atoms. The molecule has 1 aliphatic carbocycles. The summed E-state index contributed by atoms with van der Waals surface area (Å²) in [6, 6.07) is 1.90. The van der Waals surface area contributed by atoms with Crippen molar-refractivity contribution in [3.05, 3.63) is 18.0 Å². The summed E-state index contributed by atoms with van der Waals surface area (Å²) >= 11 is 0. The zero-order chi connectivity index (χ0) is 8.60. The Morgan fingerprint density at radius 1 is 1.67 bits per heavy atom. The number of nitrogens with zero attached hydrogens (tertiary/aromatic N) is 2. The summed E-state index contributed by atoms with van der Waals surface area (Å²) < 4.78 is 1.84. The van der Waals surface area contributed by atoms with Crippen LogP contribution < -0.4 is 5.73 Å². The number of rotatable bonds is 3. The maximum Gasteiger partial charge on any atom is 0.0859 e. The molecule has 0 aliphatic heterocycles. The first-order valence-electron chi connectivity index (χ1n) is 4.17. The van der Waals surface area contributed by atoms with E-state index in [-0.39, 0.29) is 12.1 Å². The predicted molar refractivity (Wildman–Crippen MR) is 44.4 cm³/mol. The average Bonchev–Trinajstić information content (AvgIpc) is 2.77. The Balaban J connectivity index is 2.23. The molecule has 1 aromatic rings. The average molecular weight is 167 g/mol. The third-order valence-corrected chi connectivity index (χ3v) is 2.46. The molecule has 1 heterocycles. The van der Waals surface area contributed by atoms with Crippen molar-refractivity contribution in [3.8, 4) is 0 Å². The molecular weight excluding hydrogens is 154 g/mol. The second-order valence-electron chi connectivity index (χ2n) is 3.34. The third kappa shape index (κ3) is 1.04. The zero-order valence-corrected chi connectivity index (χ0v) is 6.90. The van der Waals surface area contributed by atoms with E-state index >= 15 is 0 Å². The van der Waals surface area contributed by atoms with Gasteiger partial charge in [-0.3, -0.25) is 4.68 Å². The van der Waals surface area contributed by atoms with E-state index in [2.05, 4.69) is 5.10 Å². The smallest absolute Gasteiger partial charge is 0.0859 e. The van der Waals surface area contributed by atoms with Crippen LogP contribution in [0.2, 0.25) is 0 Å². The first kappa shape index (κ1) is 7.76. The van der Waals surface area contributed by atoms with Crippen LogP contribution in [0.1, 0.15) is 18.5 Å². The molecule has 1 aliphatic rings. The number of aliphatic hydroxyl groups excluding tert-OH is 1. The van der Waals surface area contributed by atoms with Crippen molar-refractivity contribution >= 4 is 0 Å². The molecule has 0 bridgehead atoms. The molecule has 4 nitrogen and oxygen atoms in total. The van der Waals surface area contributed by atoms with E-state index in [1.807, 2.05) is 16.9 Å². The fourth-order valence-corrected chi connectivity index (χ4v) is 1.34. The van der Waals surface area contributed by atoms with E-state index < -0.39 is 0 Å². The van der Waals surface area contributed by atoms with Crippen LogP contribution in [-0.4, -0.2) is 21.5 Å². The SMILES string of the molecule is NCc1ccn(C2(CO)CC2)n1. The van der Waals surface area contributed by atoms with E-state index in [1.165, 1.54) is 0 Å². The Morgan fingerprint density at radius 3 is 2.83 bits per heavy atom. The molecule has 0 unspecified atom stereocenters. The summed E-state index contributed by atoms with van der Waals surface area (Å²) in [5.74, 6) is 0. The van der Waals surface area contributed by atoms with Gasteiger partial charge in [-0.05, 0) is 18.9 Å². The predicted octanol–water partition coefficient (Wildman–Crippen LogP) is -0.177. The summed E-state index contributed by atoms with van der Waals surface area (Å²) in [5.41, 5.74) is 6.22. The van der Waals surface area contributed by atoms with Crippen LogP contribution in [0.25, 0.3) is 0 Å². The molecule has 12 heavy (non-hydrogen) atoms. The highest BCUT2D eigenvalue weighted by Gasteiger charge is 2.44. The highest BCUT2D eigenvalue weighted by atomic mass is 16.3. The van der Waals surface area contributed by atoms with Crippen LogP contribution in [0.4, 0.5) is 0 Å². The quantitative estimate of drug-likeness (QED) is 0.656. The number of hydrogen-bond acceptors (Lipinski definition) is 3. The summed E-state index contributed by atoms with van der Waals surface area (Å²) in [6.45, 7) is 0.646. The first-order valence-corrected chi connectivity index (χ1v) is 4.17. The lowest BCUT2D eigenvalue weighted by Crippen LogP contribution is -2.22. The van der Waals surface area contributed by atoms with Gasteiger partial charge in [0.1, 0.15) is 0 Å². The molecule has 0 radical (unpaired) electrons. The largest absolute Gasteiger partial charge is 0.394 e. The molecular formula is C8H13N3O. The second-order valence-corrected chi connectivity index (χ2v) is 3.34. The maximum atomic E-state index is 9.10. The molecule has 2 rings (SSSR count). The molecule has 1 aromatic heterocycles. The van der Waals surface area contributed by atoms with Crippen molar-refractivity contribution in [2.24, 2.45) is 5.73 Å². The van der Waals surface area contributed by atoms with Crippen LogP contribution in [-0.2, 0) is 12.1 Å². The Morgan fingerprint density at radius 2 is 2.42 bits per heavy atom. The van der Waals surface area contributed by atoms with Crippen LogP contribution in [0, 0.1) is 0 Å². The monoisotopic (exact) mass is 167 g/mol. The van der Waals surface area contributed by atoms with Crippen LogP contribution in [0.5, 0.6) is 0 Å². The van der Waals surface area contributed by atoms with Gasteiger partial charge in [0, 0.05) is 12.7 Å². The fourth-order valence-electron chi connectivity index (χ4n) is 1.34. The van der Waals surface area contributed by atoms with Gasteiger partial charge in [-0.25, -0.2) is 0 Å². The van der Waals surface area contributed by atoms with E-state index in [1.54, 1.807) is 0 Å². The Labute approximate surface area is 71.0 Å². The lowest BCUT2D eigenvalue weighted by molar-refractivity contribution is 0.202. The van der Waals surface area contributed by atoms with Gasteiger partial charge in [-0.1, -0.05) is 0 Å². The lowest BCUT2D eigenvalue weighted by Gasteiger charge is -2.11. The molecule has 0 amide bonds. The molecule has 3 N–H and O–H groups in total. The van der Waals surface area contributed by atoms with Gasteiger partial charge in [0.25, 0.3) is 0 Å². The van der Waals surface area contributed by atoms with E-state index in [9.17, 15) is 0 Å². The number of nitrogens with two attached hydrogens (primary N) is 1. The molecule has 4 heteroatoms. The van der Waals surface area contributed by atoms with Crippen molar-refractivity contribution in [1.29, 1.82) is 0 Å². The minimum Gasteiger partial charge on any atom is -0.394 e. The number of aromatic nitrogens is 2. The Kier molecular flexibility index (Phi) is 1.66. The van der Waals surface area contributed by atoms with Gasteiger partial charge < -0.3 is 10.8 Å². The molecule has 1 saturated carbocycles. The van der Waals surface area contributed by atoms with Gasteiger partial charge in [-0.2, -0.15) is 5.10 Å². The molecule has 66 valence electrons. The third-order valence-electron chi connectivity index (χ3n) is 2.46. The normalized spacial score (nSPS) is 19.5. The molecule has 1 fully saturated rings. The van der Waals surface area contributed by atoms with Crippen molar-refractivity contribution in [1.82, 2.24) is 9.78 Å². The van der Waals surface area contributed by atoms with E-state index in [0.29, 0.717) is 6.54 Å². The fraction of sp³-hybridized carbons (Fsp3) is 0.625. The van der Waals surface area contributed by atoms with E-state index in [0.717, 1.165) is 18.5 Å². The Bertz CT molecular complexity index is 278. The summed E-state index contributed by atoms with van der Waals surface area (Å²) in [7, 11) is 0. The van der Waals surface area contributed by atoms with Crippen molar-refractivity contribution in [2.75, 3.05) is 6.61 Å². The van der Waals surface area contributed by atoms with Crippen molar-refractivity contribution < 1.29 is 5.11 Å². The number of aliphatic hydroxyl groups is 1. The Hall–Kier alpha value is -0.870. The molecule has 0 aromatic carbocycles. The van der Waals surface area contributed by atoms with Crippen molar-refractivity contribution in [2.45, 2.75) is 24.9 Å². The maximum absolute atomic E-state index is 9.10. The van der Waals surface area contributed by atoms with E-state index in [4.69, 9.17) is 10.8 Å². The standard InChI is InChI=1S/C8H13N3O/c9-5-7-1-4-11(10-7)8(6-12)2-3-8/h1,4,12H,2-3,5-6,9H2. The molecule has 0 saturated heterocycles. The highest BCUT2D eigenvalue weighted by Crippen LogP contribution is 2.42. The minimum atomic E-state index is -0.0899. The van der Waals surface area contributed by atoms with Gasteiger partial charge in [0.05, 0.1) is 17.8 Å². The first-order chi connectivity index (χ1) is 5.80. The van der Waals surface area contributed by atoms with Crippen LogP contribution >= 0.6 is 0 Å². The minimum absolute atomic E-state index is 0.0899. The van der Waals surface area contributed by atoms with Gasteiger partial charge in [-0.15, -0.1) is 0 Å². The summed E-state index contributed by atoms with van der Waals surface area (Å²) in [5, 5.41) is 13.4. The van der Waals surface area contributed by atoms with Crippen LogP contribution in [0.15, 0.2) is 12.3 Å². The van der Waals surface area contributed by atoms with Gasteiger partial charge >= 0.3 is 0 Å². The number of hydrogen-bond donors (Lipinski definition) is 2. The van der Waals surface area contributed by atoms with Gasteiger partial charge in [0.2, 0.25) is 0 Å². The second kappa shape index (κ2) is 2.57. The summed E-state index contributed by atoms with van der Waals surface area (Å²) in [4.78, 5) is 0. The van der Waals surface area contributed by atoms with Gasteiger partial charge in [0.15, 0.2) is 0 Å². The topological polar surface area (TPSA) is 64.1 Å². The highest BCUT2D eigenvalue weighted by molar-refractivity contribution is 5.06. The van der Waals surface area contributed by atoms with Crippen LogP contribution in [0.3, 0.4) is 0 Å².